The number of likely N-dealkylation sites (tertiary alicyclic amines) is 1. The van der Waals surface area contributed by atoms with Gasteiger partial charge < -0.3 is 10.2 Å². The van der Waals surface area contributed by atoms with Gasteiger partial charge in [0.25, 0.3) is 0 Å². The Balaban J connectivity index is 1.82. The van der Waals surface area contributed by atoms with Gasteiger partial charge in [-0.1, -0.05) is 30.8 Å². The Bertz CT molecular complexity index is 868. The van der Waals surface area contributed by atoms with Crippen LogP contribution in [0.25, 0.3) is 11.1 Å². The molecule has 2 aromatic rings. The lowest BCUT2D eigenvalue weighted by atomic mass is 9.72. The largest absolute Gasteiger partial charge is 0.359 e. The summed E-state index contributed by atoms with van der Waals surface area (Å²) in [5.41, 5.74) is 3.38. The normalized spacial score (nSPS) is 15.7. The van der Waals surface area contributed by atoms with Gasteiger partial charge in [0, 0.05) is 38.1 Å². The molecule has 0 bridgehead atoms. The molecular formula is C23H27N3O2. The molecule has 0 unspecified atom stereocenters. The van der Waals surface area contributed by atoms with E-state index in [4.69, 9.17) is 0 Å². The first-order valence-electron chi connectivity index (χ1n) is 9.61. The van der Waals surface area contributed by atoms with E-state index in [9.17, 15) is 9.59 Å². The summed E-state index contributed by atoms with van der Waals surface area (Å²) in [7, 11) is 1.68. The molecule has 1 fully saturated rings. The Morgan fingerprint density at radius 1 is 1.14 bits per heavy atom. The van der Waals surface area contributed by atoms with Gasteiger partial charge in [0.15, 0.2) is 0 Å². The first kappa shape index (κ1) is 19.8. The lowest BCUT2D eigenvalue weighted by molar-refractivity contribution is -0.138. The van der Waals surface area contributed by atoms with Crippen molar-refractivity contribution in [3.63, 3.8) is 0 Å². The van der Waals surface area contributed by atoms with Crippen molar-refractivity contribution in [1.29, 1.82) is 0 Å². The molecule has 0 aliphatic carbocycles. The highest BCUT2D eigenvalue weighted by atomic mass is 16.2. The average molecular weight is 377 g/mol. The molecule has 1 aromatic heterocycles. The monoisotopic (exact) mass is 377 g/mol. The van der Waals surface area contributed by atoms with E-state index < -0.39 is 5.41 Å². The molecule has 2 heterocycles. The number of aromatic nitrogens is 1. The summed E-state index contributed by atoms with van der Waals surface area (Å²) in [6.07, 6.45) is 5.50. The fraction of sp³-hybridized carbons (Fsp3) is 0.348. The number of carbonyl (C=O) groups is 2. The molecule has 146 valence electrons. The average Bonchev–Trinajstić information content (AvgIpc) is 2.74. The summed E-state index contributed by atoms with van der Waals surface area (Å²) in [5.74, 6) is 0.0226. The molecule has 1 aromatic carbocycles. The van der Waals surface area contributed by atoms with Gasteiger partial charge in [0.05, 0.1) is 5.41 Å². The standard InChI is InChI=1S/C23H27N3O2/c1-17(2)21(27)26-13-9-23(10-14-26,22(28)24-3)16-18-5-4-6-20(15-18)19-7-11-25-12-8-19/h4-8,11-12,15H,1,9-10,13-14,16H2,2-3H3,(H,24,28). The molecule has 0 radical (unpaired) electrons. The summed E-state index contributed by atoms with van der Waals surface area (Å²) in [6.45, 7) is 6.62. The van der Waals surface area contributed by atoms with Crippen molar-refractivity contribution in [2.75, 3.05) is 20.1 Å². The molecule has 0 saturated carbocycles. The molecule has 1 aliphatic rings. The summed E-state index contributed by atoms with van der Waals surface area (Å²) in [5, 5.41) is 2.84. The zero-order chi connectivity index (χ0) is 20.1. The molecule has 5 nitrogen and oxygen atoms in total. The molecule has 1 saturated heterocycles. The van der Waals surface area contributed by atoms with Crippen molar-refractivity contribution >= 4 is 11.8 Å². The van der Waals surface area contributed by atoms with Gasteiger partial charge in [-0.3, -0.25) is 14.6 Å². The summed E-state index contributed by atoms with van der Waals surface area (Å²) < 4.78 is 0. The lowest BCUT2D eigenvalue weighted by Crippen LogP contribution is -2.50. The summed E-state index contributed by atoms with van der Waals surface area (Å²) >= 11 is 0. The van der Waals surface area contributed by atoms with E-state index >= 15 is 0 Å². The number of piperidine rings is 1. The summed E-state index contributed by atoms with van der Waals surface area (Å²) in [6, 6.07) is 12.3. The minimum Gasteiger partial charge on any atom is -0.359 e. The number of pyridine rings is 1. The highest BCUT2D eigenvalue weighted by Crippen LogP contribution is 2.36. The van der Waals surface area contributed by atoms with Crippen molar-refractivity contribution < 1.29 is 9.59 Å². The van der Waals surface area contributed by atoms with Crippen LogP contribution in [0.5, 0.6) is 0 Å². The molecular weight excluding hydrogens is 350 g/mol. The first-order chi connectivity index (χ1) is 13.4. The van der Waals surface area contributed by atoms with Crippen LogP contribution in [0, 0.1) is 5.41 Å². The number of hydrogen-bond acceptors (Lipinski definition) is 3. The van der Waals surface area contributed by atoms with E-state index in [-0.39, 0.29) is 11.8 Å². The van der Waals surface area contributed by atoms with Crippen molar-refractivity contribution in [2.45, 2.75) is 26.2 Å². The molecule has 2 amide bonds. The third kappa shape index (κ3) is 4.14. The van der Waals surface area contributed by atoms with Gasteiger partial charge in [0.2, 0.25) is 11.8 Å². The minimum atomic E-state index is -0.503. The molecule has 1 aliphatic heterocycles. The Morgan fingerprint density at radius 3 is 2.43 bits per heavy atom. The van der Waals surface area contributed by atoms with Crippen LogP contribution in [0.1, 0.15) is 25.3 Å². The molecule has 0 atom stereocenters. The molecule has 1 N–H and O–H groups in total. The second kappa shape index (κ2) is 8.38. The zero-order valence-corrected chi connectivity index (χ0v) is 16.6. The van der Waals surface area contributed by atoms with Gasteiger partial charge in [0.1, 0.15) is 0 Å². The van der Waals surface area contributed by atoms with Crippen LogP contribution in [0.3, 0.4) is 0 Å². The van der Waals surface area contributed by atoms with E-state index in [0.717, 1.165) is 16.7 Å². The van der Waals surface area contributed by atoms with Crippen LogP contribution in [0.15, 0.2) is 60.9 Å². The predicted molar refractivity (Wildman–Crippen MR) is 111 cm³/mol. The van der Waals surface area contributed by atoms with Crippen LogP contribution in [0.4, 0.5) is 0 Å². The van der Waals surface area contributed by atoms with E-state index in [0.29, 0.717) is 37.9 Å². The first-order valence-corrected chi connectivity index (χ1v) is 9.61. The number of nitrogens with zero attached hydrogens (tertiary/aromatic N) is 2. The Hall–Kier alpha value is -2.95. The lowest BCUT2D eigenvalue weighted by Gasteiger charge is -2.40. The van der Waals surface area contributed by atoms with E-state index in [1.807, 2.05) is 18.2 Å². The SMILES string of the molecule is C=C(C)C(=O)N1CCC(Cc2cccc(-c3ccncc3)c2)(C(=O)NC)CC1. The number of hydrogen-bond donors (Lipinski definition) is 1. The molecule has 0 spiro atoms. The smallest absolute Gasteiger partial charge is 0.248 e. The third-order valence-electron chi connectivity index (χ3n) is 5.56. The van der Waals surface area contributed by atoms with Gasteiger partial charge in [-0.05, 0) is 55.0 Å². The van der Waals surface area contributed by atoms with Crippen LogP contribution in [0.2, 0.25) is 0 Å². The number of benzene rings is 1. The second-order valence-corrected chi connectivity index (χ2v) is 7.55. The number of nitrogens with one attached hydrogen (secondary N) is 1. The van der Waals surface area contributed by atoms with Crippen molar-refractivity contribution in [3.05, 3.63) is 66.5 Å². The van der Waals surface area contributed by atoms with Gasteiger partial charge >= 0.3 is 0 Å². The molecule has 5 heteroatoms. The van der Waals surface area contributed by atoms with Gasteiger partial charge in [-0.2, -0.15) is 0 Å². The highest BCUT2D eigenvalue weighted by Gasteiger charge is 2.41. The van der Waals surface area contributed by atoms with Gasteiger partial charge in [-0.25, -0.2) is 0 Å². The van der Waals surface area contributed by atoms with Crippen molar-refractivity contribution in [2.24, 2.45) is 5.41 Å². The van der Waals surface area contributed by atoms with Crippen molar-refractivity contribution in [1.82, 2.24) is 15.2 Å². The molecule has 28 heavy (non-hydrogen) atoms. The van der Waals surface area contributed by atoms with E-state index in [2.05, 4.69) is 35.1 Å². The topological polar surface area (TPSA) is 62.3 Å². The Labute approximate surface area is 166 Å². The maximum atomic E-state index is 12.8. The van der Waals surface area contributed by atoms with Crippen LogP contribution >= 0.6 is 0 Å². The fourth-order valence-electron chi connectivity index (χ4n) is 3.95. The quantitative estimate of drug-likeness (QED) is 0.814. The molecule has 3 rings (SSSR count). The van der Waals surface area contributed by atoms with Crippen LogP contribution in [-0.4, -0.2) is 41.8 Å². The maximum absolute atomic E-state index is 12.8. The highest BCUT2D eigenvalue weighted by molar-refractivity contribution is 5.92. The number of amides is 2. The van der Waals surface area contributed by atoms with Crippen molar-refractivity contribution in [3.8, 4) is 11.1 Å². The van der Waals surface area contributed by atoms with Crippen LogP contribution in [-0.2, 0) is 16.0 Å². The predicted octanol–water partition coefficient (Wildman–Crippen LogP) is 3.22. The van der Waals surface area contributed by atoms with Gasteiger partial charge in [-0.15, -0.1) is 0 Å². The van der Waals surface area contributed by atoms with E-state index in [1.165, 1.54) is 0 Å². The second-order valence-electron chi connectivity index (χ2n) is 7.55. The minimum absolute atomic E-state index is 0.0230. The number of carbonyl (C=O) groups excluding carboxylic acids is 2. The van der Waals surface area contributed by atoms with E-state index in [1.54, 1.807) is 31.3 Å². The zero-order valence-electron chi connectivity index (χ0n) is 16.6. The Morgan fingerprint density at radius 2 is 1.82 bits per heavy atom. The third-order valence-corrected chi connectivity index (χ3v) is 5.56. The van der Waals surface area contributed by atoms with Crippen LogP contribution < -0.4 is 5.32 Å². The number of rotatable bonds is 5. The summed E-state index contributed by atoms with van der Waals surface area (Å²) in [4.78, 5) is 30.9. The fourth-order valence-corrected chi connectivity index (χ4v) is 3.95. The Kier molecular flexibility index (Phi) is 5.93. The maximum Gasteiger partial charge on any atom is 0.248 e.